The van der Waals surface area contributed by atoms with Crippen LogP contribution in [-0.4, -0.2) is 48.6 Å². The van der Waals surface area contributed by atoms with Crippen molar-refractivity contribution in [3.05, 3.63) is 24.3 Å². The van der Waals surface area contributed by atoms with Crippen LogP contribution >= 0.6 is 0 Å². The van der Waals surface area contributed by atoms with E-state index >= 15 is 0 Å². The van der Waals surface area contributed by atoms with E-state index in [9.17, 15) is 22.8 Å². The van der Waals surface area contributed by atoms with Crippen LogP contribution in [0.3, 0.4) is 0 Å². The molecule has 0 aliphatic carbocycles. The average molecular weight is 403 g/mol. The number of alkyl halides is 3. The molecule has 1 aromatic rings. The minimum Gasteiger partial charge on any atom is -0.444 e. The van der Waals surface area contributed by atoms with Crippen LogP contribution in [0.15, 0.2) is 24.3 Å². The van der Waals surface area contributed by atoms with Gasteiger partial charge in [-0.15, -0.1) is 13.2 Å². The molecule has 0 saturated carbocycles. The number of ether oxygens (including phenoxy) is 2. The van der Waals surface area contributed by atoms with Crippen molar-refractivity contribution in [2.45, 2.75) is 39.2 Å². The normalized spacial score (nSPS) is 17.2. The SMILES string of the molecule is CC(C)(C)OC(=O)NCC1CCN(C(=O)Nc2ccc(OC(F)(F)F)cc2)C1. The molecular formula is C18H24F3N3O4. The van der Waals surface area contributed by atoms with Crippen molar-refractivity contribution in [2.24, 2.45) is 5.92 Å². The number of anilines is 1. The van der Waals surface area contributed by atoms with Gasteiger partial charge in [0.05, 0.1) is 0 Å². The molecule has 0 spiro atoms. The fraction of sp³-hybridized carbons (Fsp3) is 0.556. The number of carbonyl (C=O) groups is 2. The van der Waals surface area contributed by atoms with E-state index in [1.165, 1.54) is 12.1 Å². The molecule has 1 aliphatic rings. The van der Waals surface area contributed by atoms with Gasteiger partial charge in [0.2, 0.25) is 0 Å². The summed E-state index contributed by atoms with van der Waals surface area (Å²) in [6.45, 7) is 6.68. The Morgan fingerprint density at radius 1 is 1.18 bits per heavy atom. The zero-order valence-corrected chi connectivity index (χ0v) is 15.9. The molecule has 28 heavy (non-hydrogen) atoms. The molecule has 1 fully saturated rings. The highest BCUT2D eigenvalue weighted by Gasteiger charge is 2.31. The highest BCUT2D eigenvalue weighted by molar-refractivity contribution is 5.89. The number of benzene rings is 1. The lowest BCUT2D eigenvalue weighted by Crippen LogP contribution is -2.37. The van der Waals surface area contributed by atoms with Crippen molar-refractivity contribution >= 4 is 17.8 Å². The summed E-state index contributed by atoms with van der Waals surface area (Å²) < 4.78 is 45.4. The van der Waals surface area contributed by atoms with Gasteiger partial charge >= 0.3 is 18.5 Å². The van der Waals surface area contributed by atoms with Gasteiger partial charge < -0.3 is 25.0 Å². The lowest BCUT2D eigenvalue weighted by Gasteiger charge is -2.21. The van der Waals surface area contributed by atoms with Crippen LogP contribution in [0.25, 0.3) is 0 Å². The van der Waals surface area contributed by atoms with Crippen LogP contribution in [0.4, 0.5) is 28.4 Å². The van der Waals surface area contributed by atoms with Gasteiger partial charge in [-0.25, -0.2) is 9.59 Å². The van der Waals surface area contributed by atoms with Crippen LogP contribution in [0.5, 0.6) is 5.75 Å². The maximum Gasteiger partial charge on any atom is 0.573 e. The summed E-state index contributed by atoms with van der Waals surface area (Å²) in [4.78, 5) is 25.6. The number of urea groups is 1. The van der Waals surface area contributed by atoms with E-state index in [0.717, 1.165) is 18.6 Å². The number of halogens is 3. The first-order valence-corrected chi connectivity index (χ1v) is 8.80. The van der Waals surface area contributed by atoms with Crippen LogP contribution in [0.2, 0.25) is 0 Å². The summed E-state index contributed by atoms with van der Waals surface area (Å²) in [5, 5.41) is 5.32. The fourth-order valence-corrected chi connectivity index (χ4v) is 2.67. The van der Waals surface area contributed by atoms with Gasteiger partial charge in [-0.2, -0.15) is 0 Å². The maximum atomic E-state index is 12.3. The molecule has 1 heterocycles. The van der Waals surface area contributed by atoms with Crippen molar-refractivity contribution in [2.75, 3.05) is 25.0 Å². The van der Waals surface area contributed by atoms with E-state index in [1.54, 1.807) is 25.7 Å². The number of carbonyl (C=O) groups excluding carboxylic acids is 2. The third kappa shape index (κ3) is 7.53. The Morgan fingerprint density at radius 3 is 2.39 bits per heavy atom. The molecule has 7 nitrogen and oxygen atoms in total. The minimum absolute atomic E-state index is 0.0980. The number of alkyl carbamates (subject to hydrolysis) is 1. The molecule has 156 valence electrons. The standard InChI is InChI=1S/C18H24F3N3O4/c1-17(2,3)28-16(26)22-10-12-8-9-24(11-12)15(25)23-13-4-6-14(7-5-13)27-18(19,20)21/h4-7,12H,8-11H2,1-3H3,(H,22,26)(H,23,25). The molecule has 1 aliphatic heterocycles. The summed E-state index contributed by atoms with van der Waals surface area (Å²) in [6, 6.07) is 4.55. The second-order valence-electron chi connectivity index (χ2n) is 7.49. The summed E-state index contributed by atoms with van der Waals surface area (Å²) in [5.74, 6) is -0.263. The number of amides is 3. The number of hydrogen-bond acceptors (Lipinski definition) is 4. The number of nitrogens with zero attached hydrogens (tertiary/aromatic N) is 1. The molecule has 0 radical (unpaired) electrons. The number of rotatable bonds is 4. The number of likely N-dealkylation sites (tertiary alicyclic amines) is 1. The molecule has 0 aromatic heterocycles. The van der Waals surface area contributed by atoms with E-state index in [1.807, 2.05) is 0 Å². The molecule has 0 bridgehead atoms. The van der Waals surface area contributed by atoms with Crippen LogP contribution in [-0.2, 0) is 4.74 Å². The molecule has 1 saturated heterocycles. The topological polar surface area (TPSA) is 79.9 Å². The zero-order valence-electron chi connectivity index (χ0n) is 15.9. The highest BCUT2D eigenvalue weighted by atomic mass is 19.4. The Kier molecular flexibility index (Phi) is 6.63. The molecular weight excluding hydrogens is 379 g/mol. The first-order chi connectivity index (χ1) is 12.9. The zero-order chi connectivity index (χ0) is 20.9. The van der Waals surface area contributed by atoms with Crippen molar-refractivity contribution in [1.82, 2.24) is 10.2 Å². The van der Waals surface area contributed by atoms with Crippen molar-refractivity contribution in [3.63, 3.8) is 0 Å². The molecule has 1 aromatic carbocycles. The summed E-state index contributed by atoms with van der Waals surface area (Å²) in [5.41, 5.74) is -0.221. The average Bonchev–Trinajstić information content (AvgIpc) is 3.01. The Balaban J connectivity index is 1.77. The Bertz CT molecular complexity index is 687. The first kappa shape index (κ1) is 21.6. The van der Waals surface area contributed by atoms with Crippen molar-refractivity contribution in [3.8, 4) is 5.75 Å². The lowest BCUT2D eigenvalue weighted by molar-refractivity contribution is -0.274. The Labute approximate surface area is 161 Å². The lowest BCUT2D eigenvalue weighted by atomic mass is 10.1. The molecule has 2 rings (SSSR count). The molecule has 1 unspecified atom stereocenters. The predicted octanol–water partition coefficient (Wildman–Crippen LogP) is 3.96. The predicted molar refractivity (Wildman–Crippen MR) is 96.1 cm³/mol. The van der Waals surface area contributed by atoms with Gasteiger partial charge in [-0.1, -0.05) is 0 Å². The molecule has 1 atom stereocenters. The van der Waals surface area contributed by atoms with Crippen LogP contribution in [0, 0.1) is 5.92 Å². The quantitative estimate of drug-likeness (QED) is 0.798. The summed E-state index contributed by atoms with van der Waals surface area (Å²) in [6.07, 6.45) is -4.54. The van der Waals surface area contributed by atoms with Gasteiger partial charge in [-0.3, -0.25) is 0 Å². The second kappa shape index (κ2) is 8.57. The van der Waals surface area contributed by atoms with E-state index in [-0.39, 0.29) is 17.7 Å². The Morgan fingerprint density at radius 2 is 1.82 bits per heavy atom. The first-order valence-electron chi connectivity index (χ1n) is 8.80. The summed E-state index contributed by atoms with van der Waals surface area (Å²) >= 11 is 0. The van der Waals surface area contributed by atoms with E-state index in [0.29, 0.717) is 25.3 Å². The fourth-order valence-electron chi connectivity index (χ4n) is 2.67. The van der Waals surface area contributed by atoms with Gasteiger partial charge in [-0.05, 0) is 57.4 Å². The molecule has 10 heteroatoms. The van der Waals surface area contributed by atoms with E-state index < -0.39 is 18.1 Å². The van der Waals surface area contributed by atoms with Gasteiger partial charge in [0.15, 0.2) is 0 Å². The summed E-state index contributed by atoms with van der Waals surface area (Å²) in [7, 11) is 0. The molecule has 3 amide bonds. The smallest absolute Gasteiger partial charge is 0.444 e. The van der Waals surface area contributed by atoms with Crippen LogP contribution in [0.1, 0.15) is 27.2 Å². The monoisotopic (exact) mass is 403 g/mol. The van der Waals surface area contributed by atoms with Crippen LogP contribution < -0.4 is 15.4 Å². The van der Waals surface area contributed by atoms with Crippen molar-refractivity contribution < 1.29 is 32.2 Å². The van der Waals surface area contributed by atoms with Gasteiger partial charge in [0.1, 0.15) is 11.4 Å². The second-order valence-corrected chi connectivity index (χ2v) is 7.49. The highest BCUT2D eigenvalue weighted by Crippen LogP contribution is 2.24. The number of nitrogens with one attached hydrogen (secondary N) is 2. The van der Waals surface area contributed by atoms with Gasteiger partial charge in [0, 0.05) is 25.3 Å². The number of hydrogen-bond donors (Lipinski definition) is 2. The van der Waals surface area contributed by atoms with E-state index in [2.05, 4.69) is 15.4 Å². The van der Waals surface area contributed by atoms with E-state index in [4.69, 9.17) is 4.74 Å². The maximum absolute atomic E-state index is 12.3. The van der Waals surface area contributed by atoms with Gasteiger partial charge in [0.25, 0.3) is 0 Å². The largest absolute Gasteiger partial charge is 0.573 e. The third-order valence-electron chi connectivity index (χ3n) is 3.85. The Hall–Kier alpha value is -2.65. The third-order valence-corrected chi connectivity index (χ3v) is 3.85. The molecule has 2 N–H and O–H groups in total. The minimum atomic E-state index is -4.76. The van der Waals surface area contributed by atoms with Crippen molar-refractivity contribution in [1.29, 1.82) is 0 Å².